The van der Waals surface area contributed by atoms with Crippen LogP contribution in [0.15, 0.2) is 168 Å². The Morgan fingerprint density at radius 1 is 0.377 bits per heavy atom. The summed E-state index contributed by atoms with van der Waals surface area (Å²) in [6, 6.07) is 60.8. The van der Waals surface area contributed by atoms with Gasteiger partial charge in [0.25, 0.3) is 0 Å². The molecule has 0 amide bonds. The molecule has 0 bridgehead atoms. The second kappa shape index (κ2) is 18.8. The number of anilines is 3. The fourth-order valence-electron chi connectivity index (χ4n) is 10.2. The highest BCUT2D eigenvalue weighted by molar-refractivity contribution is 6.06. The van der Waals surface area contributed by atoms with Gasteiger partial charge in [0.1, 0.15) is 11.2 Å². The smallest absolute Gasteiger partial charge is 0.135 e. The van der Waals surface area contributed by atoms with Crippen LogP contribution in [0.3, 0.4) is 0 Å². The zero-order valence-electron chi connectivity index (χ0n) is 36.3. The molecule has 0 saturated carbocycles. The molecule has 8 aromatic rings. The Hall–Kier alpha value is -5.86. The number of hydrogen-bond acceptors (Lipinski definition) is 2. The summed E-state index contributed by atoms with van der Waals surface area (Å²) in [6.07, 6.45) is 18.2. The summed E-state index contributed by atoms with van der Waals surface area (Å²) in [4.78, 5) is 2.48. The highest BCUT2D eigenvalue weighted by Gasteiger charge is 2.42. The Bertz CT molecular complexity index is 2650. The van der Waals surface area contributed by atoms with Crippen LogP contribution < -0.4 is 4.90 Å². The predicted octanol–water partition coefficient (Wildman–Crippen LogP) is 18.2. The lowest BCUT2D eigenvalue weighted by Crippen LogP contribution is -2.26. The Balaban J connectivity index is 1.11. The molecule has 1 aromatic heterocycles. The molecule has 2 heteroatoms. The second-order valence-electron chi connectivity index (χ2n) is 17.5. The molecule has 1 aliphatic rings. The zero-order chi connectivity index (χ0) is 41.4. The van der Waals surface area contributed by atoms with Crippen molar-refractivity contribution in [1.29, 1.82) is 0 Å². The third-order valence-corrected chi connectivity index (χ3v) is 13.5. The van der Waals surface area contributed by atoms with Crippen molar-refractivity contribution >= 4 is 39.0 Å². The normalized spacial score (nSPS) is 12.8. The summed E-state index contributed by atoms with van der Waals surface area (Å²) in [6.45, 7) is 4.63. The van der Waals surface area contributed by atoms with E-state index in [1.54, 1.807) is 5.56 Å². The fraction of sp³-hybridized carbons (Fsp3) is 0.288. The number of furan rings is 1. The maximum Gasteiger partial charge on any atom is 0.135 e. The van der Waals surface area contributed by atoms with Gasteiger partial charge >= 0.3 is 0 Å². The number of nitrogens with zero attached hydrogens (tertiary/aromatic N) is 1. The Labute approximate surface area is 364 Å². The summed E-state index contributed by atoms with van der Waals surface area (Å²) in [7, 11) is 0. The highest BCUT2D eigenvalue weighted by Crippen LogP contribution is 2.55. The first-order valence-corrected chi connectivity index (χ1v) is 23.4. The molecule has 0 unspecified atom stereocenters. The van der Waals surface area contributed by atoms with Gasteiger partial charge < -0.3 is 9.32 Å². The lowest BCUT2D eigenvalue weighted by Gasteiger charge is -2.34. The van der Waals surface area contributed by atoms with Gasteiger partial charge in [0.2, 0.25) is 0 Å². The van der Waals surface area contributed by atoms with E-state index >= 15 is 0 Å². The highest BCUT2D eigenvalue weighted by atomic mass is 16.3. The largest absolute Gasteiger partial charge is 0.456 e. The van der Waals surface area contributed by atoms with Crippen molar-refractivity contribution in [3.05, 3.63) is 175 Å². The van der Waals surface area contributed by atoms with Crippen LogP contribution in [0.1, 0.15) is 115 Å². The van der Waals surface area contributed by atoms with Gasteiger partial charge in [-0.15, -0.1) is 0 Å². The van der Waals surface area contributed by atoms with Crippen molar-refractivity contribution in [3.8, 4) is 33.4 Å². The first kappa shape index (κ1) is 40.5. The lowest BCUT2D eigenvalue weighted by atomic mass is 9.70. The van der Waals surface area contributed by atoms with Gasteiger partial charge in [0, 0.05) is 33.2 Å². The maximum atomic E-state index is 6.17. The lowest BCUT2D eigenvalue weighted by molar-refractivity contribution is 0.398. The second-order valence-corrected chi connectivity index (χ2v) is 17.5. The van der Waals surface area contributed by atoms with E-state index in [0.717, 1.165) is 33.3 Å². The summed E-state index contributed by atoms with van der Waals surface area (Å²) < 4.78 is 6.17. The fourth-order valence-corrected chi connectivity index (χ4v) is 10.2. The number of unbranched alkanes of at least 4 members (excludes halogenated alkanes) is 10. The van der Waals surface area contributed by atoms with E-state index < -0.39 is 0 Å². The van der Waals surface area contributed by atoms with Gasteiger partial charge in [-0.25, -0.2) is 0 Å². The van der Waals surface area contributed by atoms with Crippen LogP contribution >= 0.6 is 0 Å². The summed E-state index contributed by atoms with van der Waals surface area (Å²) in [5.41, 5.74) is 16.2. The standard InChI is InChI=1S/C59H61NO/c1-3-5-7-9-11-20-40-59(41-21-12-10-8-6-4-2)55-26-18-16-24-51(55)52-38-37-50(43-56(52)59)60(48-33-28-45(29-34-48)44-22-14-13-15-23-44)49-35-30-46(31-36-49)47-32-39-58-54(42-47)53-25-17-19-27-57(53)61-58/h13-19,22-39,42-43H,3-12,20-21,40-41H2,1-2H3. The van der Waals surface area contributed by atoms with E-state index in [4.69, 9.17) is 4.42 Å². The molecule has 0 aliphatic heterocycles. The first-order valence-electron chi connectivity index (χ1n) is 23.4. The first-order chi connectivity index (χ1) is 30.2. The molecule has 0 spiro atoms. The van der Waals surface area contributed by atoms with Crippen LogP contribution in [0.25, 0.3) is 55.3 Å². The molecule has 0 atom stereocenters. The van der Waals surface area contributed by atoms with E-state index in [-0.39, 0.29) is 5.41 Å². The molecular weight excluding hydrogens is 739 g/mol. The number of hydrogen-bond donors (Lipinski definition) is 0. The summed E-state index contributed by atoms with van der Waals surface area (Å²) >= 11 is 0. The van der Waals surface area contributed by atoms with Crippen LogP contribution in [0.4, 0.5) is 17.1 Å². The molecule has 0 fully saturated rings. The molecule has 7 aromatic carbocycles. The van der Waals surface area contributed by atoms with E-state index in [1.807, 2.05) is 6.07 Å². The van der Waals surface area contributed by atoms with E-state index in [9.17, 15) is 0 Å². The van der Waals surface area contributed by atoms with Gasteiger partial charge in [-0.1, -0.05) is 200 Å². The summed E-state index contributed by atoms with van der Waals surface area (Å²) in [5, 5.41) is 2.31. The minimum absolute atomic E-state index is 0.0139. The van der Waals surface area contributed by atoms with E-state index in [2.05, 4.69) is 176 Å². The van der Waals surface area contributed by atoms with Crippen molar-refractivity contribution in [3.63, 3.8) is 0 Å². The number of para-hydroxylation sites is 1. The van der Waals surface area contributed by atoms with Crippen molar-refractivity contribution in [2.75, 3.05) is 4.90 Å². The Kier molecular flexibility index (Phi) is 12.5. The summed E-state index contributed by atoms with van der Waals surface area (Å²) in [5.74, 6) is 0. The van der Waals surface area contributed by atoms with Crippen molar-refractivity contribution in [2.45, 2.75) is 109 Å². The van der Waals surface area contributed by atoms with Gasteiger partial charge in [-0.05, 0) is 112 Å². The molecule has 9 rings (SSSR count). The molecule has 308 valence electrons. The molecular formula is C59H61NO. The quantitative estimate of drug-likeness (QED) is 0.0758. The Morgan fingerprint density at radius 3 is 1.57 bits per heavy atom. The zero-order valence-corrected chi connectivity index (χ0v) is 36.3. The van der Waals surface area contributed by atoms with Crippen LogP contribution in [0.5, 0.6) is 0 Å². The molecule has 0 radical (unpaired) electrons. The monoisotopic (exact) mass is 799 g/mol. The topological polar surface area (TPSA) is 16.4 Å². The van der Waals surface area contributed by atoms with Gasteiger partial charge in [-0.3, -0.25) is 0 Å². The van der Waals surface area contributed by atoms with Crippen LogP contribution in [0.2, 0.25) is 0 Å². The minimum atomic E-state index is 0.0139. The average molecular weight is 800 g/mol. The SMILES string of the molecule is CCCCCCCCC1(CCCCCCCC)c2ccccc2-c2ccc(N(c3ccc(-c4ccccc4)cc3)c3ccc(-c4ccc5oc6ccccc6c5c4)cc3)cc21. The van der Waals surface area contributed by atoms with E-state index in [1.165, 1.54) is 135 Å². The van der Waals surface area contributed by atoms with Crippen molar-refractivity contribution < 1.29 is 4.42 Å². The van der Waals surface area contributed by atoms with Gasteiger partial charge in [0.15, 0.2) is 0 Å². The third kappa shape index (κ3) is 8.43. The Morgan fingerprint density at radius 2 is 0.885 bits per heavy atom. The van der Waals surface area contributed by atoms with Crippen LogP contribution in [-0.2, 0) is 5.41 Å². The van der Waals surface area contributed by atoms with Gasteiger partial charge in [0.05, 0.1) is 0 Å². The molecule has 1 heterocycles. The van der Waals surface area contributed by atoms with Crippen molar-refractivity contribution in [1.82, 2.24) is 0 Å². The molecule has 1 aliphatic carbocycles. The average Bonchev–Trinajstić information content (AvgIpc) is 3.82. The third-order valence-electron chi connectivity index (χ3n) is 13.5. The molecule has 61 heavy (non-hydrogen) atoms. The van der Waals surface area contributed by atoms with Crippen molar-refractivity contribution in [2.24, 2.45) is 0 Å². The minimum Gasteiger partial charge on any atom is -0.456 e. The predicted molar refractivity (Wildman–Crippen MR) is 261 cm³/mol. The number of fused-ring (bicyclic) bond motifs is 6. The molecule has 0 saturated heterocycles. The maximum absolute atomic E-state index is 6.17. The molecule has 0 N–H and O–H groups in total. The number of benzene rings is 7. The van der Waals surface area contributed by atoms with E-state index in [0.29, 0.717) is 0 Å². The number of rotatable bonds is 19. The molecule has 2 nitrogen and oxygen atoms in total. The van der Waals surface area contributed by atoms with Gasteiger partial charge in [-0.2, -0.15) is 0 Å². The van der Waals surface area contributed by atoms with Crippen LogP contribution in [0, 0.1) is 0 Å². The van der Waals surface area contributed by atoms with Crippen LogP contribution in [-0.4, -0.2) is 0 Å².